The number of hydrogen-bond donors (Lipinski definition) is 1. The molecule has 2 aromatic rings. The smallest absolute Gasteiger partial charge is 0.399 e. The molecule has 0 amide bonds. The van der Waals surface area contributed by atoms with Crippen molar-refractivity contribution in [2.75, 3.05) is 5.32 Å². The zero-order valence-corrected chi connectivity index (χ0v) is 15.0. The Balaban J connectivity index is 1.78. The predicted molar refractivity (Wildman–Crippen MR) is 98.4 cm³/mol. The summed E-state index contributed by atoms with van der Waals surface area (Å²) in [5.41, 5.74) is 1.41. The fraction of sp³-hybridized carbons (Fsp3) is 0.368. The van der Waals surface area contributed by atoms with Gasteiger partial charge in [-0.2, -0.15) is 5.26 Å². The average Bonchev–Trinajstić information content (AvgIpc) is 2.81. The van der Waals surface area contributed by atoms with Crippen LogP contribution in [0.5, 0.6) is 0 Å². The largest absolute Gasteiger partial charge is 0.497 e. The molecule has 1 aromatic carbocycles. The third-order valence-corrected chi connectivity index (χ3v) is 4.88. The van der Waals surface area contributed by atoms with E-state index in [0.717, 1.165) is 5.56 Å². The normalized spacial score (nSPS) is 18.0. The SMILES string of the molecule is CC1(C)OB(c2cnc(NCc3ccccc3)cc2C#N)OC1(C)C. The molecule has 0 spiro atoms. The van der Waals surface area contributed by atoms with E-state index in [4.69, 9.17) is 9.31 Å². The highest BCUT2D eigenvalue weighted by Crippen LogP contribution is 2.36. The highest BCUT2D eigenvalue weighted by Gasteiger charge is 2.52. The lowest BCUT2D eigenvalue weighted by molar-refractivity contribution is 0.00578. The predicted octanol–water partition coefficient (Wildman–Crippen LogP) is 2.86. The van der Waals surface area contributed by atoms with Gasteiger partial charge in [-0.15, -0.1) is 0 Å². The molecule has 1 N–H and O–H groups in total. The van der Waals surface area contributed by atoms with Gasteiger partial charge in [-0.1, -0.05) is 30.3 Å². The lowest BCUT2D eigenvalue weighted by Crippen LogP contribution is -2.41. The number of nitrogens with zero attached hydrogens (tertiary/aromatic N) is 2. The molecular weight excluding hydrogens is 313 g/mol. The first-order valence-electron chi connectivity index (χ1n) is 8.36. The van der Waals surface area contributed by atoms with Crippen LogP contribution >= 0.6 is 0 Å². The minimum absolute atomic E-state index is 0.450. The van der Waals surface area contributed by atoms with Crippen molar-refractivity contribution >= 4 is 18.4 Å². The van der Waals surface area contributed by atoms with E-state index in [1.165, 1.54) is 0 Å². The number of anilines is 1. The van der Waals surface area contributed by atoms with Gasteiger partial charge >= 0.3 is 7.12 Å². The minimum atomic E-state index is -0.588. The molecule has 1 saturated heterocycles. The number of nitriles is 1. The van der Waals surface area contributed by atoms with Crippen LogP contribution in [0, 0.1) is 11.3 Å². The lowest BCUT2D eigenvalue weighted by atomic mass is 9.77. The first kappa shape index (κ1) is 17.5. The molecule has 0 atom stereocenters. The van der Waals surface area contributed by atoms with Gasteiger partial charge in [-0.3, -0.25) is 0 Å². The Hall–Kier alpha value is -2.36. The van der Waals surface area contributed by atoms with Gasteiger partial charge in [0.15, 0.2) is 0 Å². The van der Waals surface area contributed by atoms with Gasteiger partial charge in [0.1, 0.15) is 5.82 Å². The summed E-state index contributed by atoms with van der Waals surface area (Å²) in [5, 5.41) is 12.8. The summed E-state index contributed by atoms with van der Waals surface area (Å²) in [6.07, 6.45) is 1.66. The maximum Gasteiger partial charge on any atom is 0.497 e. The summed E-state index contributed by atoms with van der Waals surface area (Å²) in [5.74, 6) is 0.653. The Morgan fingerprint density at radius 3 is 2.36 bits per heavy atom. The summed E-state index contributed by atoms with van der Waals surface area (Å²) >= 11 is 0. The zero-order chi connectivity index (χ0) is 18.1. The molecule has 1 aliphatic heterocycles. The molecule has 1 aromatic heterocycles. The number of pyridine rings is 1. The molecule has 0 unspecified atom stereocenters. The lowest BCUT2D eigenvalue weighted by Gasteiger charge is -2.32. The number of aromatic nitrogens is 1. The summed E-state index contributed by atoms with van der Waals surface area (Å²) in [4.78, 5) is 4.42. The van der Waals surface area contributed by atoms with Crippen molar-refractivity contribution in [3.8, 4) is 6.07 Å². The second-order valence-electron chi connectivity index (χ2n) is 7.20. The molecule has 0 saturated carbocycles. The molecule has 1 aliphatic rings. The number of nitrogens with one attached hydrogen (secondary N) is 1. The molecule has 0 radical (unpaired) electrons. The molecular formula is C19H22BN3O2. The van der Waals surface area contributed by atoms with Crippen molar-refractivity contribution in [3.63, 3.8) is 0 Å². The molecule has 5 nitrogen and oxygen atoms in total. The van der Waals surface area contributed by atoms with Crippen molar-refractivity contribution in [2.24, 2.45) is 0 Å². The van der Waals surface area contributed by atoms with Crippen LogP contribution in [0.4, 0.5) is 5.82 Å². The summed E-state index contributed by atoms with van der Waals surface area (Å²) in [6.45, 7) is 8.60. The fourth-order valence-corrected chi connectivity index (χ4v) is 2.61. The second kappa shape index (κ2) is 6.51. The number of rotatable bonds is 4. The molecule has 128 valence electrons. The minimum Gasteiger partial charge on any atom is -0.399 e. The highest BCUT2D eigenvalue weighted by molar-refractivity contribution is 6.62. The Bertz CT molecular complexity index is 784. The monoisotopic (exact) mass is 335 g/mol. The van der Waals surface area contributed by atoms with Crippen LogP contribution in [0.15, 0.2) is 42.6 Å². The molecule has 3 rings (SSSR count). The summed E-state index contributed by atoms with van der Waals surface area (Å²) < 4.78 is 12.1. The first-order chi connectivity index (χ1) is 11.8. The van der Waals surface area contributed by atoms with E-state index in [1.807, 2.05) is 58.0 Å². The quantitative estimate of drug-likeness (QED) is 0.871. The number of benzene rings is 1. The van der Waals surface area contributed by atoms with Crippen LogP contribution in [0.3, 0.4) is 0 Å². The van der Waals surface area contributed by atoms with Crippen molar-refractivity contribution in [3.05, 3.63) is 53.7 Å². The average molecular weight is 335 g/mol. The van der Waals surface area contributed by atoms with E-state index in [2.05, 4.69) is 16.4 Å². The first-order valence-corrected chi connectivity index (χ1v) is 8.36. The van der Waals surface area contributed by atoms with Crippen LogP contribution < -0.4 is 10.8 Å². The summed E-state index contributed by atoms with van der Waals surface area (Å²) in [6, 6.07) is 14.0. The van der Waals surface area contributed by atoms with Crippen LogP contribution in [0.25, 0.3) is 0 Å². The maximum atomic E-state index is 9.53. The van der Waals surface area contributed by atoms with E-state index in [-0.39, 0.29) is 0 Å². The fourth-order valence-electron chi connectivity index (χ4n) is 2.61. The third kappa shape index (κ3) is 3.53. The molecule has 1 fully saturated rings. The molecule has 2 heterocycles. The number of hydrogen-bond acceptors (Lipinski definition) is 5. The molecule has 0 aliphatic carbocycles. The van der Waals surface area contributed by atoms with E-state index in [9.17, 15) is 5.26 Å². The molecule has 25 heavy (non-hydrogen) atoms. The van der Waals surface area contributed by atoms with E-state index in [1.54, 1.807) is 12.3 Å². The Labute approximate surface area is 149 Å². The van der Waals surface area contributed by atoms with Crippen LogP contribution in [-0.4, -0.2) is 23.3 Å². The molecule has 0 bridgehead atoms. The van der Waals surface area contributed by atoms with Crippen LogP contribution in [-0.2, 0) is 15.9 Å². The van der Waals surface area contributed by atoms with Crippen molar-refractivity contribution in [1.29, 1.82) is 5.26 Å². The van der Waals surface area contributed by atoms with Gasteiger partial charge in [0, 0.05) is 18.2 Å². The Kier molecular flexibility index (Phi) is 4.55. The topological polar surface area (TPSA) is 67.2 Å². The zero-order valence-electron chi connectivity index (χ0n) is 15.0. The molecule has 6 heteroatoms. The van der Waals surface area contributed by atoms with Gasteiger partial charge in [0.05, 0.1) is 22.8 Å². The van der Waals surface area contributed by atoms with Gasteiger partial charge in [-0.25, -0.2) is 4.98 Å². The van der Waals surface area contributed by atoms with Crippen molar-refractivity contribution in [1.82, 2.24) is 4.98 Å². The summed E-state index contributed by atoms with van der Waals surface area (Å²) in [7, 11) is -0.588. The van der Waals surface area contributed by atoms with Gasteiger partial charge < -0.3 is 14.6 Å². The van der Waals surface area contributed by atoms with Gasteiger partial charge in [-0.05, 0) is 39.3 Å². The van der Waals surface area contributed by atoms with Crippen LogP contribution in [0.2, 0.25) is 0 Å². The standard InChI is InChI=1S/C19H22BN3O2/c1-18(2)19(3,4)25-20(24-18)16-13-23-17(10-15(16)11-21)22-12-14-8-6-5-7-9-14/h5-10,13H,12H2,1-4H3,(H,22,23). The maximum absolute atomic E-state index is 9.53. The Morgan fingerprint density at radius 2 is 1.76 bits per heavy atom. The van der Waals surface area contributed by atoms with Gasteiger partial charge in [0.25, 0.3) is 0 Å². The second-order valence-corrected chi connectivity index (χ2v) is 7.20. The highest BCUT2D eigenvalue weighted by atomic mass is 16.7. The Morgan fingerprint density at radius 1 is 1.12 bits per heavy atom. The van der Waals surface area contributed by atoms with E-state index < -0.39 is 18.3 Å². The van der Waals surface area contributed by atoms with Crippen molar-refractivity contribution < 1.29 is 9.31 Å². The van der Waals surface area contributed by atoms with Crippen molar-refractivity contribution in [2.45, 2.75) is 45.4 Å². The third-order valence-electron chi connectivity index (χ3n) is 4.88. The van der Waals surface area contributed by atoms with Gasteiger partial charge in [0.2, 0.25) is 0 Å². The van der Waals surface area contributed by atoms with Crippen LogP contribution in [0.1, 0.15) is 38.8 Å². The van der Waals surface area contributed by atoms with E-state index in [0.29, 0.717) is 23.4 Å². The van der Waals surface area contributed by atoms with E-state index >= 15 is 0 Å².